The van der Waals surface area contributed by atoms with Crippen molar-refractivity contribution in [2.75, 3.05) is 0 Å². The molecule has 0 atom stereocenters. The molecule has 0 saturated heterocycles. The summed E-state index contributed by atoms with van der Waals surface area (Å²) in [7, 11) is 0. The topological polar surface area (TPSA) is 0 Å². The van der Waals surface area contributed by atoms with Gasteiger partial charge >= 0.3 is 0 Å². The summed E-state index contributed by atoms with van der Waals surface area (Å²) in [5.74, 6) is 24.6. The van der Waals surface area contributed by atoms with Gasteiger partial charge in [0.15, 0.2) is 0 Å². The van der Waals surface area contributed by atoms with E-state index in [2.05, 4.69) is 47.4 Å². The lowest BCUT2D eigenvalue weighted by molar-refractivity contribution is 1.60. The van der Waals surface area contributed by atoms with E-state index in [0.29, 0.717) is 0 Å². The van der Waals surface area contributed by atoms with Gasteiger partial charge in [-0.25, -0.2) is 0 Å². The largest absolute Gasteiger partial charge is 0.135 e. The standard InChI is InChI=1S/C28H14S2/c1(5-23-9-13-25(14-10-23)17-19-27-7-3-21-29-27)2-6-24-11-15-26(16-12-24)18-20-28-8-4-22-30-28/h3-4,7-16,21-22H. The summed E-state index contributed by atoms with van der Waals surface area (Å²) in [5.41, 5.74) is 3.79. The van der Waals surface area contributed by atoms with E-state index in [0.717, 1.165) is 32.0 Å². The highest BCUT2D eigenvalue weighted by atomic mass is 32.1. The molecule has 0 spiro atoms. The van der Waals surface area contributed by atoms with Crippen molar-refractivity contribution in [3.8, 4) is 47.4 Å². The first-order valence-electron chi connectivity index (χ1n) is 9.18. The summed E-state index contributed by atoms with van der Waals surface area (Å²) in [6, 6.07) is 23.8. The van der Waals surface area contributed by atoms with Crippen LogP contribution in [0.15, 0.2) is 83.6 Å². The lowest BCUT2D eigenvalue weighted by Gasteiger charge is -1.91. The maximum absolute atomic E-state index is 3.16. The van der Waals surface area contributed by atoms with Crippen LogP contribution in [-0.4, -0.2) is 0 Å². The Hall–Kier alpha value is -3.92. The van der Waals surface area contributed by atoms with Crippen molar-refractivity contribution < 1.29 is 0 Å². The fraction of sp³-hybridized carbons (Fsp3) is 0. The molecular formula is C28H14S2. The minimum atomic E-state index is 0.921. The maximum Gasteiger partial charge on any atom is 0.0772 e. The Morgan fingerprint density at radius 3 is 1.10 bits per heavy atom. The Bertz CT molecular complexity index is 1240. The molecular weight excluding hydrogens is 400 g/mol. The van der Waals surface area contributed by atoms with Crippen molar-refractivity contribution in [2.45, 2.75) is 0 Å². The summed E-state index contributed by atoms with van der Waals surface area (Å²) in [4.78, 5) is 2.13. The minimum Gasteiger partial charge on any atom is -0.135 e. The Morgan fingerprint density at radius 2 is 0.767 bits per heavy atom. The summed E-state index contributed by atoms with van der Waals surface area (Å²) in [6.45, 7) is 0. The second-order valence-corrected chi connectivity index (χ2v) is 8.00. The summed E-state index contributed by atoms with van der Waals surface area (Å²) in [5, 5.41) is 4.05. The first-order valence-corrected chi connectivity index (χ1v) is 10.9. The molecule has 0 N–H and O–H groups in total. The van der Waals surface area contributed by atoms with E-state index in [9.17, 15) is 0 Å². The average Bonchev–Trinajstić information content (AvgIpc) is 3.50. The molecule has 2 aromatic carbocycles. The molecule has 138 valence electrons. The van der Waals surface area contributed by atoms with E-state index in [4.69, 9.17) is 0 Å². The molecule has 0 amide bonds. The lowest BCUT2D eigenvalue weighted by atomic mass is 10.1. The molecule has 2 heterocycles. The van der Waals surface area contributed by atoms with Crippen LogP contribution in [-0.2, 0) is 0 Å². The van der Waals surface area contributed by atoms with Crippen molar-refractivity contribution in [3.63, 3.8) is 0 Å². The van der Waals surface area contributed by atoms with Gasteiger partial charge in [0.25, 0.3) is 0 Å². The average molecular weight is 415 g/mol. The van der Waals surface area contributed by atoms with Crippen LogP contribution in [0.4, 0.5) is 0 Å². The lowest BCUT2D eigenvalue weighted by Crippen LogP contribution is -1.78. The van der Waals surface area contributed by atoms with Gasteiger partial charge in [-0.1, -0.05) is 47.7 Å². The predicted molar refractivity (Wildman–Crippen MR) is 127 cm³/mol. The molecule has 2 aromatic heterocycles. The van der Waals surface area contributed by atoms with Crippen molar-refractivity contribution in [3.05, 3.63) is 116 Å². The number of hydrogen-bond acceptors (Lipinski definition) is 2. The third-order valence-electron chi connectivity index (χ3n) is 3.95. The van der Waals surface area contributed by atoms with E-state index >= 15 is 0 Å². The van der Waals surface area contributed by atoms with Crippen molar-refractivity contribution in [1.82, 2.24) is 0 Å². The zero-order valence-corrected chi connectivity index (χ0v) is 17.5. The fourth-order valence-electron chi connectivity index (χ4n) is 2.45. The van der Waals surface area contributed by atoms with Crippen LogP contribution < -0.4 is 0 Å². The molecule has 4 rings (SSSR count). The van der Waals surface area contributed by atoms with Gasteiger partial charge in [0.05, 0.1) is 9.75 Å². The SMILES string of the molecule is C(C#Cc1ccc(C#Cc2cccs2)cc1)#Cc1ccc(C#Cc2cccs2)cc1. The molecule has 0 saturated carbocycles. The number of hydrogen-bond donors (Lipinski definition) is 0. The van der Waals surface area contributed by atoms with Crippen molar-refractivity contribution in [2.24, 2.45) is 0 Å². The highest BCUT2D eigenvalue weighted by Crippen LogP contribution is 2.08. The quantitative estimate of drug-likeness (QED) is 0.309. The number of thiophene rings is 2. The minimum absolute atomic E-state index is 0.921. The monoisotopic (exact) mass is 414 g/mol. The fourth-order valence-corrected chi connectivity index (χ4v) is 3.59. The van der Waals surface area contributed by atoms with Crippen LogP contribution >= 0.6 is 22.7 Å². The Kier molecular flexibility index (Phi) is 6.48. The van der Waals surface area contributed by atoms with Gasteiger partial charge < -0.3 is 0 Å². The normalized spacial score (nSPS) is 8.93. The van der Waals surface area contributed by atoms with Crippen LogP contribution in [0.25, 0.3) is 0 Å². The van der Waals surface area contributed by atoms with Gasteiger partial charge in [0.2, 0.25) is 0 Å². The number of rotatable bonds is 0. The highest BCUT2D eigenvalue weighted by Gasteiger charge is 1.91. The molecule has 30 heavy (non-hydrogen) atoms. The second-order valence-electron chi connectivity index (χ2n) is 6.11. The first kappa shape index (κ1) is 19.4. The summed E-state index contributed by atoms with van der Waals surface area (Å²) >= 11 is 3.28. The van der Waals surface area contributed by atoms with Crippen LogP contribution in [0.2, 0.25) is 0 Å². The van der Waals surface area contributed by atoms with Gasteiger partial charge in [-0.2, -0.15) is 0 Å². The third-order valence-corrected chi connectivity index (χ3v) is 5.52. The van der Waals surface area contributed by atoms with Gasteiger partial charge in [-0.15, -0.1) is 22.7 Å². The Labute approximate surface area is 185 Å². The molecule has 4 aromatic rings. The first-order chi connectivity index (χ1) is 14.8. The summed E-state index contributed by atoms with van der Waals surface area (Å²) < 4.78 is 0. The number of benzene rings is 2. The zero-order valence-electron chi connectivity index (χ0n) is 15.9. The molecule has 0 unspecified atom stereocenters. The predicted octanol–water partition coefficient (Wildman–Crippen LogP) is 6.01. The molecule has 0 radical (unpaired) electrons. The van der Waals surface area contributed by atoms with Gasteiger partial charge in [0, 0.05) is 22.3 Å². The van der Waals surface area contributed by atoms with E-state index in [1.54, 1.807) is 22.7 Å². The molecule has 0 fully saturated rings. The van der Waals surface area contributed by atoms with E-state index in [1.165, 1.54) is 0 Å². The summed E-state index contributed by atoms with van der Waals surface area (Å²) in [6.07, 6.45) is 0. The van der Waals surface area contributed by atoms with Crippen molar-refractivity contribution >= 4 is 22.7 Å². The Morgan fingerprint density at radius 1 is 0.400 bits per heavy atom. The third kappa shape index (κ3) is 5.79. The maximum atomic E-state index is 3.16. The molecule has 0 aliphatic carbocycles. The van der Waals surface area contributed by atoms with E-state index < -0.39 is 0 Å². The van der Waals surface area contributed by atoms with Gasteiger partial charge in [-0.05, 0) is 83.3 Å². The van der Waals surface area contributed by atoms with Crippen molar-refractivity contribution in [1.29, 1.82) is 0 Å². The Balaban J connectivity index is 1.37. The smallest absolute Gasteiger partial charge is 0.0772 e. The molecule has 0 bridgehead atoms. The molecule has 0 aliphatic rings. The molecule has 0 aliphatic heterocycles. The zero-order chi connectivity index (χ0) is 20.4. The van der Waals surface area contributed by atoms with Crippen LogP contribution in [0.5, 0.6) is 0 Å². The van der Waals surface area contributed by atoms with Crippen LogP contribution in [0.3, 0.4) is 0 Å². The molecule has 2 heteroatoms. The van der Waals surface area contributed by atoms with E-state index in [1.807, 2.05) is 83.6 Å². The second kappa shape index (κ2) is 10.0. The van der Waals surface area contributed by atoms with Crippen LogP contribution in [0.1, 0.15) is 32.0 Å². The van der Waals surface area contributed by atoms with Gasteiger partial charge in [0.1, 0.15) is 0 Å². The van der Waals surface area contributed by atoms with Gasteiger partial charge in [-0.3, -0.25) is 0 Å². The highest BCUT2D eigenvalue weighted by molar-refractivity contribution is 7.10. The van der Waals surface area contributed by atoms with Crippen LogP contribution in [0, 0.1) is 47.4 Å². The van der Waals surface area contributed by atoms with E-state index in [-0.39, 0.29) is 0 Å². The molecule has 0 nitrogen and oxygen atoms in total.